The van der Waals surface area contributed by atoms with E-state index in [-0.39, 0.29) is 16.4 Å². The van der Waals surface area contributed by atoms with Crippen LogP contribution in [0.15, 0.2) is 52.5 Å². The van der Waals surface area contributed by atoms with Crippen molar-refractivity contribution in [2.75, 3.05) is 14.2 Å². The molecule has 2 aromatic rings. The van der Waals surface area contributed by atoms with E-state index in [1.165, 1.54) is 38.6 Å². The lowest BCUT2D eigenvalue weighted by Gasteiger charge is -2.10. The molecular formula is C15H16N2O5S. The fourth-order valence-corrected chi connectivity index (χ4v) is 2.78. The van der Waals surface area contributed by atoms with E-state index < -0.39 is 10.0 Å². The van der Waals surface area contributed by atoms with E-state index in [0.29, 0.717) is 11.3 Å². The van der Waals surface area contributed by atoms with Crippen LogP contribution in [-0.2, 0) is 10.0 Å². The van der Waals surface area contributed by atoms with Gasteiger partial charge in [0.1, 0.15) is 22.1 Å². The van der Waals surface area contributed by atoms with Crippen molar-refractivity contribution < 1.29 is 23.0 Å². The van der Waals surface area contributed by atoms with Crippen molar-refractivity contribution in [2.24, 2.45) is 5.10 Å². The molecule has 0 atom stereocenters. The molecule has 0 radical (unpaired) electrons. The summed E-state index contributed by atoms with van der Waals surface area (Å²) in [6.07, 6.45) is 1.21. The maximum absolute atomic E-state index is 12.3. The van der Waals surface area contributed by atoms with E-state index in [0.717, 1.165) is 0 Å². The van der Waals surface area contributed by atoms with Crippen LogP contribution in [0.3, 0.4) is 0 Å². The molecule has 2 rings (SSSR count). The van der Waals surface area contributed by atoms with Gasteiger partial charge in [-0.15, -0.1) is 0 Å². The molecular weight excluding hydrogens is 320 g/mol. The van der Waals surface area contributed by atoms with Crippen LogP contribution in [0.1, 0.15) is 5.56 Å². The monoisotopic (exact) mass is 336 g/mol. The number of hydrogen-bond acceptors (Lipinski definition) is 6. The zero-order valence-electron chi connectivity index (χ0n) is 12.6. The van der Waals surface area contributed by atoms with E-state index in [1.807, 2.05) is 0 Å². The number of phenols is 1. The summed E-state index contributed by atoms with van der Waals surface area (Å²) in [6.45, 7) is 0. The Hall–Kier alpha value is -2.74. The van der Waals surface area contributed by atoms with Crippen LogP contribution in [-0.4, -0.2) is 34.0 Å². The summed E-state index contributed by atoms with van der Waals surface area (Å²) in [7, 11) is -1.15. The number of nitrogens with zero attached hydrogens (tertiary/aromatic N) is 1. The van der Waals surface area contributed by atoms with Crippen molar-refractivity contribution in [3.63, 3.8) is 0 Å². The number of hydrogen-bond donors (Lipinski definition) is 2. The third-order valence-electron chi connectivity index (χ3n) is 2.97. The number of rotatable bonds is 6. The lowest BCUT2D eigenvalue weighted by Crippen LogP contribution is -2.19. The smallest absolute Gasteiger partial charge is 0.280 e. The number of sulfonamides is 1. The Bertz CT molecular complexity index is 818. The zero-order chi connectivity index (χ0) is 16.9. The van der Waals surface area contributed by atoms with Crippen LogP contribution in [0.4, 0.5) is 0 Å². The molecule has 0 heterocycles. The molecule has 0 spiro atoms. The first-order valence-corrected chi connectivity index (χ1v) is 8.01. The first kappa shape index (κ1) is 16.6. The number of nitrogens with one attached hydrogen (secondary N) is 1. The minimum Gasteiger partial charge on any atom is -0.507 e. The molecule has 0 saturated heterocycles. The average molecular weight is 336 g/mol. The van der Waals surface area contributed by atoms with Gasteiger partial charge in [-0.05, 0) is 24.3 Å². The Kier molecular flexibility index (Phi) is 5.07. The average Bonchev–Trinajstić information content (AvgIpc) is 2.56. The third kappa shape index (κ3) is 3.92. The summed E-state index contributed by atoms with van der Waals surface area (Å²) < 4.78 is 34.7. The molecule has 0 unspecified atom stereocenters. The quantitative estimate of drug-likeness (QED) is 0.618. The van der Waals surface area contributed by atoms with Crippen LogP contribution in [0.2, 0.25) is 0 Å². The molecule has 0 bridgehead atoms. The van der Waals surface area contributed by atoms with Gasteiger partial charge in [0.05, 0.1) is 20.4 Å². The molecule has 2 N–H and O–H groups in total. The summed E-state index contributed by atoms with van der Waals surface area (Å²) in [4.78, 5) is 1.97. The van der Waals surface area contributed by atoms with Crippen molar-refractivity contribution in [3.05, 3.63) is 48.0 Å². The van der Waals surface area contributed by atoms with Crippen LogP contribution < -0.4 is 14.3 Å². The molecule has 0 fully saturated rings. The maximum atomic E-state index is 12.3. The molecule has 2 aromatic carbocycles. The second kappa shape index (κ2) is 7.01. The first-order valence-electron chi connectivity index (χ1n) is 6.53. The molecule has 8 heteroatoms. The largest absolute Gasteiger partial charge is 0.507 e. The highest BCUT2D eigenvalue weighted by molar-refractivity contribution is 7.89. The highest BCUT2D eigenvalue weighted by Crippen LogP contribution is 2.27. The van der Waals surface area contributed by atoms with E-state index in [9.17, 15) is 13.5 Å². The van der Waals surface area contributed by atoms with Crippen molar-refractivity contribution in [2.45, 2.75) is 4.90 Å². The highest BCUT2D eigenvalue weighted by atomic mass is 32.2. The van der Waals surface area contributed by atoms with E-state index in [4.69, 9.17) is 9.47 Å². The minimum atomic E-state index is -3.95. The normalized spacial score (nSPS) is 11.4. The number of phenolic OH excluding ortho intramolecular Hbond substituents is 1. The predicted octanol–water partition coefficient (Wildman–Crippen LogP) is 1.72. The van der Waals surface area contributed by atoms with Gasteiger partial charge in [-0.3, -0.25) is 0 Å². The van der Waals surface area contributed by atoms with Gasteiger partial charge in [0.15, 0.2) is 0 Å². The SMILES string of the molecule is COc1ccc(OC)c(S(=O)(=O)N/N=C/c2ccccc2O)c1. The minimum absolute atomic E-state index is 0.00518. The second-order valence-corrected chi connectivity index (χ2v) is 6.06. The molecule has 0 aliphatic heterocycles. The third-order valence-corrected chi connectivity index (χ3v) is 4.22. The van der Waals surface area contributed by atoms with Gasteiger partial charge in [-0.2, -0.15) is 18.4 Å². The number of ether oxygens (including phenoxy) is 2. The number of aromatic hydroxyl groups is 1. The molecule has 0 aliphatic carbocycles. The standard InChI is InChI=1S/C15H16N2O5S/c1-21-12-7-8-14(22-2)15(9-12)23(19,20)17-16-10-11-5-3-4-6-13(11)18/h3-10,17-18H,1-2H3/b16-10+. The molecule has 122 valence electrons. The lowest BCUT2D eigenvalue weighted by atomic mass is 10.2. The van der Waals surface area contributed by atoms with E-state index in [2.05, 4.69) is 9.93 Å². The summed E-state index contributed by atoms with van der Waals surface area (Å²) in [5.74, 6) is 0.529. The van der Waals surface area contributed by atoms with E-state index >= 15 is 0 Å². The molecule has 7 nitrogen and oxygen atoms in total. The van der Waals surface area contributed by atoms with Crippen LogP contribution in [0, 0.1) is 0 Å². The van der Waals surface area contributed by atoms with Gasteiger partial charge in [0.2, 0.25) is 0 Å². The number of methoxy groups -OCH3 is 2. The van der Waals surface area contributed by atoms with Crippen molar-refractivity contribution in [1.82, 2.24) is 4.83 Å². The summed E-state index contributed by atoms with van der Waals surface area (Å²) >= 11 is 0. The molecule has 23 heavy (non-hydrogen) atoms. The van der Waals surface area contributed by atoms with Gasteiger partial charge in [0, 0.05) is 11.6 Å². The predicted molar refractivity (Wildman–Crippen MR) is 85.6 cm³/mol. The number of para-hydroxylation sites is 1. The Morgan fingerprint density at radius 1 is 1.13 bits per heavy atom. The highest BCUT2D eigenvalue weighted by Gasteiger charge is 2.20. The molecule has 0 aliphatic rings. The maximum Gasteiger partial charge on any atom is 0.280 e. The van der Waals surface area contributed by atoms with Crippen molar-refractivity contribution in [1.29, 1.82) is 0 Å². The first-order chi connectivity index (χ1) is 11.0. The Labute approximate surface area is 134 Å². The fourth-order valence-electron chi connectivity index (χ4n) is 1.81. The zero-order valence-corrected chi connectivity index (χ0v) is 13.4. The summed E-state index contributed by atoms with van der Waals surface area (Å²) in [5, 5.41) is 13.3. The second-order valence-electron chi connectivity index (χ2n) is 4.43. The topological polar surface area (TPSA) is 97.2 Å². The Morgan fingerprint density at radius 3 is 2.52 bits per heavy atom. The van der Waals surface area contributed by atoms with Crippen molar-refractivity contribution in [3.8, 4) is 17.2 Å². The lowest BCUT2D eigenvalue weighted by molar-refractivity contribution is 0.392. The van der Waals surface area contributed by atoms with Crippen LogP contribution in [0.25, 0.3) is 0 Å². The summed E-state index contributed by atoms with van der Waals surface area (Å²) in [6, 6.07) is 10.8. The molecule has 0 aromatic heterocycles. The van der Waals surface area contributed by atoms with Crippen LogP contribution >= 0.6 is 0 Å². The van der Waals surface area contributed by atoms with Gasteiger partial charge >= 0.3 is 0 Å². The molecule has 0 amide bonds. The summed E-state index contributed by atoms with van der Waals surface area (Å²) in [5.41, 5.74) is 0.382. The van der Waals surface area contributed by atoms with E-state index in [1.54, 1.807) is 24.3 Å². The Balaban J connectivity index is 2.27. The van der Waals surface area contributed by atoms with Crippen molar-refractivity contribution >= 4 is 16.2 Å². The number of benzene rings is 2. The van der Waals surface area contributed by atoms with Gasteiger partial charge < -0.3 is 14.6 Å². The number of hydrazone groups is 1. The fraction of sp³-hybridized carbons (Fsp3) is 0.133. The Morgan fingerprint density at radius 2 is 1.87 bits per heavy atom. The van der Waals surface area contributed by atoms with Crippen LogP contribution in [0.5, 0.6) is 17.2 Å². The van der Waals surface area contributed by atoms with Gasteiger partial charge in [-0.25, -0.2) is 0 Å². The van der Waals surface area contributed by atoms with Gasteiger partial charge in [0.25, 0.3) is 10.0 Å². The van der Waals surface area contributed by atoms with Gasteiger partial charge in [-0.1, -0.05) is 12.1 Å². The molecule has 0 saturated carbocycles.